The largest absolute Gasteiger partial charge is 0.344 e. The summed E-state index contributed by atoms with van der Waals surface area (Å²) in [7, 11) is 1.86. The second-order valence-corrected chi connectivity index (χ2v) is 4.51. The first-order valence-electron chi connectivity index (χ1n) is 5.62. The zero-order chi connectivity index (χ0) is 10.6. The lowest BCUT2D eigenvalue weighted by Gasteiger charge is -2.27. The lowest BCUT2D eigenvalue weighted by atomic mass is 9.89. The molecule has 1 atom stereocenters. The summed E-state index contributed by atoms with van der Waals surface area (Å²) in [5.74, 6) is 0.770. The van der Waals surface area contributed by atoms with Gasteiger partial charge in [-0.15, -0.1) is 0 Å². The number of nitrogens with two attached hydrogens (primary N) is 1. The summed E-state index contributed by atoms with van der Waals surface area (Å²) < 4.78 is 0. The quantitative estimate of drug-likeness (QED) is 0.744. The highest BCUT2D eigenvalue weighted by Crippen LogP contribution is 2.24. The molecular formula is C11H22N2O. The molecule has 3 heteroatoms. The minimum atomic E-state index is -0.358. The van der Waals surface area contributed by atoms with Gasteiger partial charge in [-0.05, 0) is 25.7 Å². The average Bonchev–Trinajstić information content (AvgIpc) is 2.18. The molecule has 0 spiro atoms. The van der Waals surface area contributed by atoms with Gasteiger partial charge in [-0.3, -0.25) is 4.79 Å². The van der Waals surface area contributed by atoms with E-state index in [-0.39, 0.29) is 11.9 Å². The first-order chi connectivity index (χ1) is 6.61. The predicted molar refractivity (Wildman–Crippen MR) is 57.9 cm³/mol. The summed E-state index contributed by atoms with van der Waals surface area (Å²) >= 11 is 0. The number of carbonyl (C=O) groups excluding carboxylic acids is 1. The summed E-state index contributed by atoms with van der Waals surface area (Å²) in [5.41, 5.74) is 5.55. The molecule has 0 saturated heterocycles. The topological polar surface area (TPSA) is 46.3 Å². The van der Waals surface area contributed by atoms with Gasteiger partial charge in [0, 0.05) is 13.6 Å². The van der Waals surface area contributed by atoms with Crippen LogP contribution in [0.3, 0.4) is 0 Å². The zero-order valence-electron chi connectivity index (χ0n) is 9.33. The molecule has 1 saturated carbocycles. The summed E-state index contributed by atoms with van der Waals surface area (Å²) in [6.45, 7) is 2.64. The van der Waals surface area contributed by atoms with Crippen LogP contribution in [0, 0.1) is 5.92 Å². The van der Waals surface area contributed by atoms with Crippen molar-refractivity contribution in [2.75, 3.05) is 13.6 Å². The highest BCUT2D eigenvalue weighted by Gasteiger charge is 2.19. The van der Waals surface area contributed by atoms with Crippen molar-refractivity contribution in [3.8, 4) is 0 Å². The number of hydrogen-bond donors (Lipinski definition) is 1. The van der Waals surface area contributed by atoms with Crippen molar-refractivity contribution in [2.24, 2.45) is 11.7 Å². The van der Waals surface area contributed by atoms with Gasteiger partial charge in [0.2, 0.25) is 5.91 Å². The third-order valence-corrected chi connectivity index (χ3v) is 3.02. The molecule has 82 valence electrons. The fourth-order valence-corrected chi connectivity index (χ4v) is 2.19. The van der Waals surface area contributed by atoms with Crippen molar-refractivity contribution >= 4 is 5.91 Å². The number of amides is 1. The third-order valence-electron chi connectivity index (χ3n) is 3.02. The van der Waals surface area contributed by atoms with E-state index < -0.39 is 0 Å². The number of likely N-dealkylation sites (N-methyl/N-ethyl adjacent to an activating group) is 1. The average molecular weight is 198 g/mol. The van der Waals surface area contributed by atoms with Crippen molar-refractivity contribution in [1.29, 1.82) is 0 Å². The molecule has 1 aliphatic carbocycles. The van der Waals surface area contributed by atoms with E-state index >= 15 is 0 Å². The molecule has 1 aliphatic rings. The van der Waals surface area contributed by atoms with Crippen LogP contribution in [0.25, 0.3) is 0 Å². The van der Waals surface area contributed by atoms with E-state index in [1.54, 1.807) is 11.8 Å². The molecule has 2 N–H and O–H groups in total. The molecule has 0 unspecified atom stereocenters. The van der Waals surface area contributed by atoms with Gasteiger partial charge >= 0.3 is 0 Å². The van der Waals surface area contributed by atoms with Gasteiger partial charge in [0.25, 0.3) is 0 Å². The van der Waals surface area contributed by atoms with E-state index in [9.17, 15) is 4.79 Å². The maximum atomic E-state index is 11.5. The molecule has 0 heterocycles. The SMILES string of the molecule is C[C@H](N)C(=O)N(C)CC1CCCCC1. The smallest absolute Gasteiger partial charge is 0.238 e. The molecule has 0 aromatic carbocycles. The highest BCUT2D eigenvalue weighted by atomic mass is 16.2. The second-order valence-electron chi connectivity index (χ2n) is 4.51. The molecule has 0 aromatic rings. The van der Waals surface area contributed by atoms with E-state index in [2.05, 4.69) is 0 Å². The van der Waals surface area contributed by atoms with Crippen LogP contribution >= 0.6 is 0 Å². The maximum absolute atomic E-state index is 11.5. The molecule has 0 aromatic heterocycles. The Labute approximate surface area is 86.6 Å². The third kappa shape index (κ3) is 3.29. The normalized spacial score (nSPS) is 20.5. The minimum absolute atomic E-state index is 0.0653. The monoisotopic (exact) mass is 198 g/mol. The van der Waals surface area contributed by atoms with Gasteiger partial charge in [-0.2, -0.15) is 0 Å². The van der Waals surface area contributed by atoms with E-state index in [0.717, 1.165) is 6.54 Å². The van der Waals surface area contributed by atoms with E-state index in [4.69, 9.17) is 5.73 Å². The summed E-state index contributed by atoms with van der Waals surface area (Å²) in [5, 5.41) is 0. The molecule has 1 rings (SSSR count). The van der Waals surface area contributed by atoms with Gasteiger partial charge in [0.15, 0.2) is 0 Å². The lowest BCUT2D eigenvalue weighted by Crippen LogP contribution is -2.42. The maximum Gasteiger partial charge on any atom is 0.238 e. The van der Waals surface area contributed by atoms with Gasteiger partial charge in [-0.25, -0.2) is 0 Å². The van der Waals surface area contributed by atoms with Crippen LogP contribution in [0.4, 0.5) is 0 Å². The molecule has 0 radical (unpaired) electrons. The van der Waals surface area contributed by atoms with Crippen LogP contribution in [-0.2, 0) is 4.79 Å². The molecule has 1 fully saturated rings. The Morgan fingerprint density at radius 3 is 2.50 bits per heavy atom. The van der Waals surface area contributed by atoms with Gasteiger partial charge in [0.05, 0.1) is 6.04 Å². The van der Waals surface area contributed by atoms with Crippen molar-refractivity contribution in [2.45, 2.75) is 45.1 Å². The molecular weight excluding hydrogens is 176 g/mol. The van der Waals surface area contributed by atoms with Crippen LogP contribution in [0.2, 0.25) is 0 Å². The Bertz CT molecular complexity index is 186. The lowest BCUT2D eigenvalue weighted by molar-refractivity contribution is -0.131. The van der Waals surface area contributed by atoms with Crippen LogP contribution < -0.4 is 5.73 Å². The highest BCUT2D eigenvalue weighted by molar-refractivity contribution is 5.80. The van der Waals surface area contributed by atoms with Crippen LogP contribution in [0.5, 0.6) is 0 Å². The Kier molecular flexibility index (Phi) is 4.39. The molecule has 0 bridgehead atoms. The van der Waals surface area contributed by atoms with Crippen LogP contribution in [0.15, 0.2) is 0 Å². The summed E-state index contributed by atoms with van der Waals surface area (Å²) in [6, 6.07) is -0.358. The van der Waals surface area contributed by atoms with Gasteiger partial charge in [-0.1, -0.05) is 19.3 Å². The Morgan fingerprint density at radius 2 is 2.00 bits per heavy atom. The number of hydrogen-bond acceptors (Lipinski definition) is 2. The standard InChI is InChI=1S/C11H22N2O/c1-9(12)11(14)13(2)8-10-6-4-3-5-7-10/h9-10H,3-8,12H2,1-2H3/t9-/m0/s1. The molecule has 1 amide bonds. The second kappa shape index (κ2) is 5.35. The Hall–Kier alpha value is -0.570. The fourth-order valence-electron chi connectivity index (χ4n) is 2.19. The van der Waals surface area contributed by atoms with Gasteiger partial charge < -0.3 is 10.6 Å². The van der Waals surface area contributed by atoms with Crippen molar-refractivity contribution < 1.29 is 4.79 Å². The summed E-state index contributed by atoms with van der Waals surface area (Å²) in [4.78, 5) is 13.3. The number of nitrogens with zero attached hydrogens (tertiary/aromatic N) is 1. The van der Waals surface area contributed by atoms with Crippen LogP contribution in [0.1, 0.15) is 39.0 Å². The number of carbonyl (C=O) groups is 1. The number of rotatable bonds is 3. The van der Waals surface area contributed by atoms with Crippen molar-refractivity contribution in [1.82, 2.24) is 4.90 Å². The fraction of sp³-hybridized carbons (Fsp3) is 0.909. The summed E-state index contributed by atoms with van der Waals surface area (Å²) in [6.07, 6.45) is 6.56. The van der Waals surface area contributed by atoms with Crippen LogP contribution in [-0.4, -0.2) is 30.4 Å². The van der Waals surface area contributed by atoms with E-state index in [0.29, 0.717) is 5.92 Å². The Balaban J connectivity index is 2.31. The zero-order valence-corrected chi connectivity index (χ0v) is 9.33. The van der Waals surface area contributed by atoms with E-state index in [1.807, 2.05) is 7.05 Å². The molecule has 14 heavy (non-hydrogen) atoms. The first-order valence-corrected chi connectivity index (χ1v) is 5.62. The van der Waals surface area contributed by atoms with Gasteiger partial charge in [0.1, 0.15) is 0 Å². The molecule has 0 aliphatic heterocycles. The first kappa shape index (κ1) is 11.5. The Morgan fingerprint density at radius 1 is 1.43 bits per heavy atom. The van der Waals surface area contributed by atoms with E-state index in [1.165, 1.54) is 32.1 Å². The van der Waals surface area contributed by atoms with Crippen molar-refractivity contribution in [3.05, 3.63) is 0 Å². The predicted octanol–water partition coefficient (Wildman–Crippen LogP) is 1.37. The molecule has 3 nitrogen and oxygen atoms in total. The van der Waals surface area contributed by atoms with Crippen molar-refractivity contribution in [3.63, 3.8) is 0 Å². The minimum Gasteiger partial charge on any atom is -0.344 e.